The standard InChI is InChI=1S/C14H12N4O2/c1-20-12-6-8(2-3-9(12)13(15)19)11-7-17-14-10(18-11)4-5-16-14/h2-7H,1H3,(H2,15,19)(H,16,17). The van der Waals surface area contributed by atoms with Crippen LogP contribution >= 0.6 is 0 Å². The van der Waals surface area contributed by atoms with E-state index in [1.54, 1.807) is 30.6 Å². The third-order valence-electron chi connectivity index (χ3n) is 3.02. The number of nitrogens with two attached hydrogens (primary N) is 1. The van der Waals surface area contributed by atoms with E-state index in [4.69, 9.17) is 10.5 Å². The van der Waals surface area contributed by atoms with Gasteiger partial charge in [0.2, 0.25) is 0 Å². The fraction of sp³-hybridized carbons (Fsp3) is 0.0714. The second kappa shape index (κ2) is 4.65. The molecule has 0 aliphatic rings. The molecule has 3 aromatic rings. The highest BCUT2D eigenvalue weighted by Crippen LogP contribution is 2.26. The maximum atomic E-state index is 11.3. The number of benzene rings is 1. The van der Waals surface area contributed by atoms with Gasteiger partial charge < -0.3 is 15.5 Å². The van der Waals surface area contributed by atoms with Crippen molar-refractivity contribution in [1.29, 1.82) is 0 Å². The number of amides is 1. The molecule has 0 radical (unpaired) electrons. The van der Waals surface area contributed by atoms with Crippen LogP contribution in [-0.2, 0) is 0 Å². The number of rotatable bonds is 3. The molecule has 0 spiro atoms. The molecule has 0 unspecified atom stereocenters. The summed E-state index contributed by atoms with van der Waals surface area (Å²) in [5, 5.41) is 0. The van der Waals surface area contributed by atoms with Gasteiger partial charge in [-0.2, -0.15) is 0 Å². The lowest BCUT2D eigenvalue weighted by molar-refractivity contribution is 0.0997. The Hall–Kier alpha value is -2.89. The first kappa shape index (κ1) is 12.2. The Morgan fingerprint density at radius 2 is 2.20 bits per heavy atom. The van der Waals surface area contributed by atoms with Crippen molar-refractivity contribution in [3.63, 3.8) is 0 Å². The van der Waals surface area contributed by atoms with Crippen molar-refractivity contribution in [1.82, 2.24) is 15.0 Å². The Kier molecular flexibility index (Phi) is 2.83. The van der Waals surface area contributed by atoms with Gasteiger partial charge in [0.25, 0.3) is 5.91 Å². The summed E-state index contributed by atoms with van der Waals surface area (Å²) in [7, 11) is 1.49. The number of nitrogens with zero attached hydrogens (tertiary/aromatic N) is 2. The fourth-order valence-corrected chi connectivity index (χ4v) is 2.02. The molecule has 0 bridgehead atoms. The van der Waals surface area contributed by atoms with E-state index in [0.29, 0.717) is 17.0 Å². The van der Waals surface area contributed by atoms with Gasteiger partial charge in [0.15, 0.2) is 5.65 Å². The van der Waals surface area contributed by atoms with Crippen molar-refractivity contribution in [2.45, 2.75) is 0 Å². The van der Waals surface area contributed by atoms with Crippen LogP contribution in [0.1, 0.15) is 10.4 Å². The number of ether oxygens (including phenoxy) is 1. The van der Waals surface area contributed by atoms with E-state index >= 15 is 0 Å². The van der Waals surface area contributed by atoms with Gasteiger partial charge in [-0.3, -0.25) is 4.79 Å². The largest absolute Gasteiger partial charge is 0.496 e. The molecular weight excluding hydrogens is 256 g/mol. The molecule has 1 aromatic carbocycles. The highest BCUT2D eigenvalue weighted by Gasteiger charge is 2.11. The number of fused-ring (bicyclic) bond motifs is 1. The van der Waals surface area contributed by atoms with Crippen LogP contribution < -0.4 is 10.5 Å². The molecule has 0 fully saturated rings. The third-order valence-corrected chi connectivity index (χ3v) is 3.02. The monoisotopic (exact) mass is 268 g/mol. The Morgan fingerprint density at radius 3 is 2.95 bits per heavy atom. The van der Waals surface area contributed by atoms with E-state index in [1.165, 1.54) is 7.11 Å². The zero-order chi connectivity index (χ0) is 14.1. The molecule has 100 valence electrons. The number of hydrogen-bond donors (Lipinski definition) is 2. The number of methoxy groups -OCH3 is 1. The molecule has 1 amide bonds. The lowest BCUT2D eigenvalue weighted by Crippen LogP contribution is -2.12. The number of carbonyl (C=O) groups is 1. The number of primary amides is 1. The van der Waals surface area contributed by atoms with Gasteiger partial charge in [-0.15, -0.1) is 0 Å². The molecule has 0 aliphatic heterocycles. The highest BCUT2D eigenvalue weighted by atomic mass is 16.5. The summed E-state index contributed by atoms with van der Waals surface area (Å²) in [4.78, 5) is 23.0. The van der Waals surface area contributed by atoms with Crippen LogP contribution in [0.2, 0.25) is 0 Å². The first-order valence-electron chi connectivity index (χ1n) is 5.97. The lowest BCUT2D eigenvalue weighted by atomic mass is 10.1. The minimum Gasteiger partial charge on any atom is -0.496 e. The molecule has 0 saturated carbocycles. The zero-order valence-corrected chi connectivity index (χ0v) is 10.8. The third kappa shape index (κ3) is 1.97. The number of aromatic nitrogens is 3. The van der Waals surface area contributed by atoms with Crippen molar-refractivity contribution < 1.29 is 9.53 Å². The summed E-state index contributed by atoms with van der Waals surface area (Å²) in [6, 6.07) is 6.97. The molecule has 0 atom stereocenters. The van der Waals surface area contributed by atoms with E-state index in [-0.39, 0.29) is 0 Å². The Labute approximate surface area is 114 Å². The van der Waals surface area contributed by atoms with Crippen LogP contribution in [0.3, 0.4) is 0 Å². The summed E-state index contributed by atoms with van der Waals surface area (Å²) in [6.45, 7) is 0. The van der Waals surface area contributed by atoms with E-state index in [9.17, 15) is 4.79 Å². The second-order valence-corrected chi connectivity index (χ2v) is 4.25. The fourth-order valence-electron chi connectivity index (χ4n) is 2.02. The average Bonchev–Trinajstić information content (AvgIpc) is 2.93. The smallest absolute Gasteiger partial charge is 0.252 e. The van der Waals surface area contributed by atoms with Crippen LogP contribution in [0.15, 0.2) is 36.7 Å². The van der Waals surface area contributed by atoms with Crippen molar-refractivity contribution >= 4 is 17.1 Å². The molecule has 6 nitrogen and oxygen atoms in total. The Morgan fingerprint density at radius 1 is 1.35 bits per heavy atom. The van der Waals surface area contributed by atoms with E-state index in [2.05, 4.69) is 15.0 Å². The molecule has 0 aliphatic carbocycles. The summed E-state index contributed by atoms with van der Waals surface area (Å²) < 4.78 is 5.19. The van der Waals surface area contributed by atoms with Gasteiger partial charge in [-0.05, 0) is 18.2 Å². The molecular formula is C14H12N4O2. The molecule has 3 rings (SSSR count). The number of carbonyl (C=O) groups excluding carboxylic acids is 1. The zero-order valence-electron chi connectivity index (χ0n) is 10.8. The van der Waals surface area contributed by atoms with Crippen molar-refractivity contribution in [3.05, 3.63) is 42.2 Å². The van der Waals surface area contributed by atoms with Crippen molar-refractivity contribution in [2.24, 2.45) is 5.73 Å². The van der Waals surface area contributed by atoms with Crippen molar-refractivity contribution in [2.75, 3.05) is 7.11 Å². The van der Waals surface area contributed by atoms with Gasteiger partial charge in [0.05, 0.1) is 24.6 Å². The van der Waals surface area contributed by atoms with Gasteiger partial charge in [0, 0.05) is 11.8 Å². The van der Waals surface area contributed by atoms with Crippen molar-refractivity contribution in [3.8, 4) is 17.0 Å². The van der Waals surface area contributed by atoms with Crippen LogP contribution in [0.25, 0.3) is 22.4 Å². The SMILES string of the molecule is COc1cc(-c2cnc3[nH]ccc3n2)ccc1C(N)=O. The van der Waals surface area contributed by atoms with E-state index in [1.807, 2.05) is 6.07 Å². The van der Waals surface area contributed by atoms with Crippen LogP contribution in [0.4, 0.5) is 0 Å². The summed E-state index contributed by atoms with van der Waals surface area (Å²) in [6.07, 6.45) is 3.45. The highest BCUT2D eigenvalue weighted by molar-refractivity contribution is 5.96. The van der Waals surface area contributed by atoms with Gasteiger partial charge in [0.1, 0.15) is 11.3 Å². The maximum absolute atomic E-state index is 11.3. The number of aromatic amines is 1. The number of hydrogen-bond acceptors (Lipinski definition) is 4. The first-order chi connectivity index (χ1) is 9.69. The number of nitrogens with one attached hydrogen (secondary N) is 1. The number of H-pyrrole nitrogens is 1. The van der Waals surface area contributed by atoms with Crippen LogP contribution in [-0.4, -0.2) is 28.0 Å². The maximum Gasteiger partial charge on any atom is 0.252 e. The van der Waals surface area contributed by atoms with Gasteiger partial charge in [-0.1, -0.05) is 6.07 Å². The normalized spacial score (nSPS) is 10.7. The minimum absolute atomic E-state index is 0.340. The lowest BCUT2D eigenvalue weighted by Gasteiger charge is -2.08. The molecule has 2 heterocycles. The topological polar surface area (TPSA) is 93.9 Å². The van der Waals surface area contributed by atoms with Gasteiger partial charge in [-0.25, -0.2) is 9.97 Å². The predicted molar refractivity (Wildman–Crippen MR) is 74.4 cm³/mol. The second-order valence-electron chi connectivity index (χ2n) is 4.25. The van der Waals surface area contributed by atoms with Crippen LogP contribution in [0.5, 0.6) is 5.75 Å². The Balaban J connectivity index is 2.11. The molecule has 6 heteroatoms. The summed E-state index contributed by atoms with van der Waals surface area (Å²) in [5.41, 5.74) is 8.65. The minimum atomic E-state index is -0.527. The summed E-state index contributed by atoms with van der Waals surface area (Å²) in [5.74, 6) is -0.105. The van der Waals surface area contributed by atoms with Crippen LogP contribution in [0, 0.1) is 0 Å². The first-order valence-corrected chi connectivity index (χ1v) is 5.97. The molecule has 20 heavy (non-hydrogen) atoms. The summed E-state index contributed by atoms with van der Waals surface area (Å²) >= 11 is 0. The van der Waals surface area contributed by atoms with E-state index in [0.717, 1.165) is 16.7 Å². The molecule has 3 N–H and O–H groups in total. The van der Waals surface area contributed by atoms with Gasteiger partial charge >= 0.3 is 0 Å². The predicted octanol–water partition coefficient (Wildman–Crippen LogP) is 1.73. The molecule has 0 saturated heterocycles. The average molecular weight is 268 g/mol. The molecule has 2 aromatic heterocycles. The Bertz CT molecular complexity index is 795. The quantitative estimate of drug-likeness (QED) is 0.756. The van der Waals surface area contributed by atoms with E-state index < -0.39 is 5.91 Å².